The first kappa shape index (κ1) is 18.8. The fraction of sp³-hybridized carbons (Fsp3) is 0.300. The van der Waals surface area contributed by atoms with E-state index < -0.39 is 11.9 Å². The van der Waals surface area contributed by atoms with Crippen LogP contribution in [0.4, 0.5) is 9.18 Å². The minimum absolute atomic E-state index is 0.0547. The Morgan fingerprint density at radius 2 is 2.23 bits per heavy atom. The van der Waals surface area contributed by atoms with Crippen LogP contribution in [-0.4, -0.2) is 36.9 Å². The van der Waals surface area contributed by atoms with Gasteiger partial charge in [0.15, 0.2) is 16.9 Å². The number of ether oxygens (including phenoxy) is 1. The molecular formula is C20H18ClFN6O2. The first-order valence-electron chi connectivity index (χ1n) is 9.55. The van der Waals surface area contributed by atoms with Gasteiger partial charge in [0.1, 0.15) is 17.2 Å². The van der Waals surface area contributed by atoms with E-state index in [1.54, 1.807) is 13.1 Å². The monoisotopic (exact) mass is 428 g/mol. The molecule has 154 valence electrons. The third kappa shape index (κ3) is 3.24. The molecule has 0 spiro atoms. The molecule has 1 aromatic carbocycles. The van der Waals surface area contributed by atoms with Crippen molar-refractivity contribution >= 4 is 39.8 Å². The van der Waals surface area contributed by atoms with E-state index in [-0.39, 0.29) is 16.8 Å². The average molecular weight is 429 g/mol. The lowest BCUT2D eigenvalue weighted by Crippen LogP contribution is -2.36. The Morgan fingerprint density at radius 1 is 1.43 bits per heavy atom. The Bertz CT molecular complexity index is 1300. The van der Waals surface area contributed by atoms with Crippen LogP contribution in [0, 0.1) is 11.7 Å². The maximum Gasteiger partial charge on any atom is 0.412 e. The van der Waals surface area contributed by atoms with Crippen LogP contribution < -0.4 is 10.1 Å². The van der Waals surface area contributed by atoms with Crippen LogP contribution >= 0.6 is 11.6 Å². The highest BCUT2D eigenvalue weighted by Crippen LogP contribution is 2.34. The molecule has 10 heteroatoms. The molecule has 0 radical (unpaired) electrons. The zero-order valence-corrected chi connectivity index (χ0v) is 17.0. The molecule has 1 aliphatic rings. The van der Waals surface area contributed by atoms with Crippen molar-refractivity contribution < 1.29 is 13.9 Å². The number of hydrogen-bond acceptors (Lipinski definition) is 5. The van der Waals surface area contributed by atoms with Crippen LogP contribution in [0.3, 0.4) is 0 Å². The van der Waals surface area contributed by atoms with Gasteiger partial charge in [0.2, 0.25) is 0 Å². The number of halogens is 2. The fourth-order valence-electron chi connectivity index (χ4n) is 3.57. The van der Waals surface area contributed by atoms with E-state index in [9.17, 15) is 9.18 Å². The van der Waals surface area contributed by atoms with E-state index >= 15 is 0 Å². The van der Waals surface area contributed by atoms with Crippen LogP contribution in [0.2, 0.25) is 5.02 Å². The third-order valence-corrected chi connectivity index (χ3v) is 5.55. The smallest absolute Gasteiger partial charge is 0.406 e. The maximum absolute atomic E-state index is 14.6. The van der Waals surface area contributed by atoms with Gasteiger partial charge in [-0.2, -0.15) is 5.10 Å². The highest BCUT2D eigenvalue weighted by Gasteiger charge is 2.29. The van der Waals surface area contributed by atoms with Crippen molar-refractivity contribution in [3.05, 3.63) is 35.4 Å². The highest BCUT2D eigenvalue weighted by atomic mass is 35.5. The number of amides is 1. The molecule has 1 amide bonds. The van der Waals surface area contributed by atoms with Crippen molar-refractivity contribution in [2.24, 2.45) is 13.0 Å². The number of carbonyl (C=O) groups is 1. The number of aromatic amines is 1. The molecule has 3 heterocycles. The number of carbonyl (C=O) groups excluding carboxylic acids is 1. The van der Waals surface area contributed by atoms with Crippen molar-refractivity contribution in [2.45, 2.75) is 25.8 Å². The largest absolute Gasteiger partial charge is 0.412 e. The molecule has 2 N–H and O–H groups in total. The van der Waals surface area contributed by atoms with Crippen LogP contribution in [0.5, 0.6) is 5.75 Å². The topological polar surface area (TPSA) is 97.7 Å². The first-order valence-corrected chi connectivity index (χ1v) is 9.93. The number of fused-ring (bicyclic) bond motifs is 2. The molecule has 8 nitrogen and oxygen atoms in total. The van der Waals surface area contributed by atoms with Gasteiger partial charge in [-0.3, -0.25) is 4.68 Å². The summed E-state index contributed by atoms with van der Waals surface area (Å²) in [5.74, 6) is 0.248. The number of hydrogen-bond donors (Lipinski definition) is 2. The maximum atomic E-state index is 14.6. The van der Waals surface area contributed by atoms with Crippen molar-refractivity contribution in [1.82, 2.24) is 30.0 Å². The van der Waals surface area contributed by atoms with Crippen LogP contribution in [0.25, 0.3) is 33.5 Å². The van der Waals surface area contributed by atoms with Gasteiger partial charge in [-0.1, -0.05) is 11.6 Å². The van der Waals surface area contributed by atoms with Gasteiger partial charge < -0.3 is 15.0 Å². The minimum atomic E-state index is -0.550. The lowest BCUT2D eigenvalue weighted by molar-refractivity contribution is 0.196. The summed E-state index contributed by atoms with van der Waals surface area (Å²) in [7, 11) is 1.70. The van der Waals surface area contributed by atoms with Gasteiger partial charge in [0.25, 0.3) is 0 Å². The minimum Gasteiger partial charge on any atom is -0.406 e. The van der Waals surface area contributed by atoms with Gasteiger partial charge in [-0.05, 0) is 37.8 Å². The van der Waals surface area contributed by atoms with Crippen LogP contribution in [0.15, 0.2) is 24.5 Å². The molecule has 1 fully saturated rings. The number of aromatic nitrogens is 5. The fourth-order valence-corrected chi connectivity index (χ4v) is 3.77. The van der Waals surface area contributed by atoms with Crippen molar-refractivity contribution in [3.63, 3.8) is 0 Å². The van der Waals surface area contributed by atoms with Crippen molar-refractivity contribution in [1.29, 1.82) is 0 Å². The number of benzene rings is 1. The molecule has 30 heavy (non-hydrogen) atoms. The second-order valence-corrected chi connectivity index (χ2v) is 7.96. The molecule has 1 saturated carbocycles. The number of nitrogens with zero attached hydrogens (tertiary/aromatic N) is 4. The molecule has 0 saturated heterocycles. The third-order valence-electron chi connectivity index (χ3n) is 5.34. The summed E-state index contributed by atoms with van der Waals surface area (Å²) in [6, 6.07) is 2.93. The molecule has 0 unspecified atom stereocenters. The molecule has 4 aromatic rings. The predicted octanol–water partition coefficient (Wildman–Crippen LogP) is 4.19. The number of H-pyrrole nitrogens is 1. The Hall–Kier alpha value is -3.20. The summed E-state index contributed by atoms with van der Waals surface area (Å²) >= 11 is 5.98. The summed E-state index contributed by atoms with van der Waals surface area (Å²) in [6.07, 6.45) is 4.69. The number of aryl methyl sites for hydroxylation is 1. The Balaban J connectivity index is 1.52. The zero-order valence-electron chi connectivity index (χ0n) is 16.2. The lowest BCUT2D eigenvalue weighted by Gasteiger charge is -2.12. The number of rotatable bonds is 4. The summed E-state index contributed by atoms with van der Waals surface area (Å²) in [5, 5.41) is 7.80. The molecule has 0 aliphatic heterocycles. The van der Waals surface area contributed by atoms with E-state index in [1.165, 1.54) is 23.1 Å². The van der Waals surface area contributed by atoms with Gasteiger partial charge in [0.05, 0.1) is 17.1 Å². The van der Waals surface area contributed by atoms with Gasteiger partial charge >= 0.3 is 6.09 Å². The Morgan fingerprint density at radius 3 is 3.00 bits per heavy atom. The van der Waals surface area contributed by atoms with E-state index in [0.717, 1.165) is 12.8 Å². The Labute approximate surface area is 175 Å². The standard InChI is InChI=1S/C20H18ClFN6O2/c1-9(10-3-4-10)25-20(29)30-15-8-24-19-18(15)26-13(7-23-19)17-16-12(22)5-11(21)6-14(16)28(2)27-17/h5-10H,3-4H2,1-2H3,(H,23,24)(H,25,29)/t9-/m0/s1. The SMILES string of the molecule is C[C@H](NC(=O)Oc1c[nH]c2ncc(-c3nn(C)c4cc(Cl)cc(F)c34)nc12)C1CC1. The predicted molar refractivity (Wildman–Crippen MR) is 110 cm³/mol. The van der Waals surface area contributed by atoms with Gasteiger partial charge in [-0.25, -0.2) is 19.2 Å². The van der Waals surface area contributed by atoms with E-state index in [0.29, 0.717) is 39.4 Å². The first-order chi connectivity index (χ1) is 14.4. The van der Waals surface area contributed by atoms with E-state index in [2.05, 4.69) is 25.4 Å². The molecule has 5 rings (SSSR count). The quantitative estimate of drug-likeness (QED) is 0.508. The van der Waals surface area contributed by atoms with Crippen molar-refractivity contribution in [2.75, 3.05) is 0 Å². The van der Waals surface area contributed by atoms with Crippen LogP contribution in [-0.2, 0) is 7.05 Å². The number of nitrogens with one attached hydrogen (secondary N) is 2. The summed E-state index contributed by atoms with van der Waals surface area (Å²) in [4.78, 5) is 24.0. The van der Waals surface area contributed by atoms with Crippen molar-refractivity contribution in [3.8, 4) is 17.1 Å². The van der Waals surface area contributed by atoms with Crippen LogP contribution in [0.1, 0.15) is 19.8 Å². The molecule has 1 aliphatic carbocycles. The average Bonchev–Trinajstić information content (AvgIpc) is 3.41. The summed E-state index contributed by atoms with van der Waals surface area (Å²) < 4.78 is 21.6. The van der Waals surface area contributed by atoms with E-state index in [4.69, 9.17) is 16.3 Å². The van der Waals surface area contributed by atoms with Gasteiger partial charge in [0, 0.05) is 24.3 Å². The zero-order chi connectivity index (χ0) is 21.0. The molecule has 1 atom stereocenters. The summed E-state index contributed by atoms with van der Waals surface area (Å²) in [6.45, 7) is 1.96. The molecule has 3 aromatic heterocycles. The van der Waals surface area contributed by atoms with Gasteiger partial charge in [-0.15, -0.1) is 0 Å². The molecule has 0 bridgehead atoms. The lowest BCUT2D eigenvalue weighted by atomic mass is 10.1. The summed E-state index contributed by atoms with van der Waals surface area (Å²) in [5.41, 5.74) is 2.02. The van der Waals surface area contributed by atoms with E-state index in [1.807, 2.05) is 6.92 Å². The molecular weight excluding hydrogens is 411 g/mol. The normalized spacial score (nSPS) is 14.9. The second-order valence-electron chi connectivity index (χ2n) is 7.52. The highest BCUT2D eigenvalue weighted by molar-refractivity contribution is 6.31. The Kier molecular flexibility index (Phi) is 4.35. The second kappa shape index (κ2) is 6.94.